The fourth-order valence-corrected chi connectivity index (χ4v) is 3.63. The summed E-state index contributed by atoms with van der Waals surface area (Å²) in [5, 5.41) is 5.71. The molecule has 0 aromatic heterocycles. The number of hydrogen-bond donors (Lipinski definition) is 2. The van der Waals surface area contributed by atoms with Crippen molar-refractivity contribution in [1.29, 1.82) is 0 Å². The van der Waals surface area contributed by atoms with E-state index in [1.807, 2.05) is 60.7 Å². The second-order valence-corrected chi connectivity index (χ2v) is 8.01. The first-order valence-electron chi connectivity index (χ1n) is 11.4. The topological polar surface area (TPSA) is 111 Å². The molecular formula is C28H28N2O6. The highest BCUT2D eigenvalue weighted by Gasteiger charge is 2.21. The molecule has 0 saturated heterocycles. The highest BCUT2D eigenvalue weighted by Crippen LogP contribution is 2.20. The Morgan fingerprint density at radius 2 is 0.917 bits per heavy atom. The summed E-state index contributed by atoms with van der Waals surface area (Å²) in [6, 6.07) is 23.2. The third-order valence-corrected chi connectivity index (χ3v) is 5.62. The summed E-state index contributed by atoms with van der Waals surface area (Å²) >= 11 is 0. The molecule has 0 saturated carbocycles. The molecule has 8 nitrogen and oxygen atoms in total. The second-order valence-electron chi connectivity index (χ2n) is 8.01. The van der Waals surface area contributed by atoms with E-state index in [-0.39, 0.29) is 12.8 Å². The van der Waals surface area contributed by atoms with Gasteiger partial charge in [0.05, 0.1) is 39.1 Å². The standard InChI is InChI=1S/C28H28N2O6/c1-35-25(31)17-23(19-9-5-3-6-10-19)29-27(33)21-13-15-22(16-14-21)28(34)30-24(18-26(32)36-2)20-11-7-4-8-12-20/h3-16,23-24H,17-18H2,1-2H3,(H,29,33)(H,30,34). The summed E-state index contributed by atoms with van der Waals surface area (Å²) in [6.07, 6.45) is -0.0401. The van der Waals surface area contributed by atoms with Gasteiger partial charge in [0.1, 0.15) is 0 Å². The minimum absolute atomic E-state index is 0.0200. The maximum Gasteiger partial charge on any atom is 0.307 e. The van der Waals surface area contributed by atoms with E-state index < -0.39 is 35.8 Å². The van der Waals surface area contributed by atoms with Gasteiger partial charge in [-0.15, -0.1) is 0 Å². The summed E-state index contributed by atoms with van der Waals surface area (Å²) in [6.45, 7) is 0. The van der Waals surface area contributed by atoms with Gasteiger partial charge >= 0.3 is 11.9 Å². The zero-order valence-electron chi connectivity index (χ0n) is 20.1. The van der Waals surface area contributed by atoms with Crippen molar-refractivity contribution in [3.63, 3.8) is 0 Å². The molecule has 3 rings (SSSR count). The van der Waals surface area contributed by atoms with Gasteiger partial charge in [-0.25, -0.2) is 0 Å². The van der Waals surface area contributed by atoms with Crippen LogP contribution >= 0.6 is 0 Å². The first-order valence-corrected chi connectivity index (χ1v) is 11.4. The Morgan fingerprint density at radius 3 is 1.22 bits per heavy atom. The van der Waals surface area contributed by atoms with Crippen molar-refractivity contribution in [2.45, 2.75) is 24.9 Å². The lowest BCUT2D eigenvalue weighted by atomic mass is 10.0. The van der Waals surface area contributed by atoms with E-state index in [1.165, 1.54) is 38.5 Å². The maximum atomic E-state index is 12.9. The second kappa shape index (κ2) is 12.9. The van der Waals surface area contributed by atoms with E-state index in [0.29, 0.717) is 11.1 Å². The molecular weight excluding hydrogens is 460 g/mol. The van der Waals surface area contributed by atoms with Crippen molar-refractivity contribution in [2.24, 2.45) is 0 Å². The molecule has 2 N–H and O–H groups in total. The highest BCUT2D eigenvalue weighted by atomic mass is 16.5. The molecule has 0 fully saturated rings. The third kappa shape index (κ3) is 7.27. The maximum absolute atomic E-state index is 12.9. The van der Waals surface area contributed by atoms with Crippen molar-refractivity contribution in [3.05, 3.63) is 107 Å². The number of carbonyl (C=O) groups excluding carboxylic acids is 4. The molecule has 36 heavy (non-hydrogen) atoms. The Morgan fingerprint density at radius 1 is 0.583 bits per heavy atom. The van der Waals surface area contributed by atoms with Gasteiger partial charge in [0.25, 0.3) is 11.8 Å². The van der Waals surface area contributed by atoms with Crippen LogP contribution in [-0.2, 0) is 19.1 Å². The number of methoxy groups -OCH3 is 2. The number of ether oxygens (including phenoxy) is 2. The molecule has 3 aromatic carbocycles. The molecule has 0 bridgehead atoms. The summed E-state index contributed by atoms with van der Waals surface area (Å²) in [5.41, 5.74) is 2.19. The summed E-state index contributed by atoms with van der Waals surface area (Å²) in [7, 11) is 2.59. The van der Waals surface area contributed by atoms with Crippen LogP contribution in [-0.4, -0.2) is 38.0 Å². The van der Waals surface area contributed by atoms with E-state index in [0.717, 1.165) is 11.1 Å². The van der Waals surface area contributed by atoms with Gasteiger partial charge in [0, 0.05) is 11.1 Å². The van der Waals surface area contributed by atoms with Gasteiger partial charge < -0.3 is 20.1 Å². The van der Waals surface area contributed by atoms with Gasteiger partial charge in [-0.1, -0.05) is 60.7 Å². The van der Waals surface area contributed by atoms with Crippen molar-refractivity contribution >= 4 is 23.8 Å². The van der Waals surface area contributed by atoms with Crippen LogP contribution in [0.15, 0.2) is 84.9 Å². The Bertz CT molecular complexity index is 1090. The number of esters is 2. The fourth-order valence-electron chi connectivity index (χ4n) is 3.63. The Hall–Kier alpha value is -4.46. The predicted octanol–water partition coefficient (Wildman–Crippen LogP) is 3.76. The van der Waals surface area contributed by atoms with E-state index in [1.54, 1.807) is 0 Å². The Labute approximate surface area is 209 Å². The van der Waals surface area contributed by atoms with Crippen molar-refractivity contribution in [1.82, 2.24) is 10.6 Å². The molecule has 2 unspecified atom stereocenters. The van der Waals surface area contributed by atoms with Gasteiger partial charge in [0.2, 0.25) is 0 Å². The molecule has 2 amide bonds. The van der Waals surface area contributed by atoms with Gasteiger partial charge in [0.15, 0.2) is 0 Å². The lowest BCUT2D eigenvalue weighted by Gasteiger charge is -2.19. The molecule has 2 atom stereocenters. The average Bonchev–Trinajstić information content (AvgIpc) is 2.93. The number of carbonyl (C=O) groups is 4. The summed E-state index contributed by atoms with van der Waals surface area (Å²) in [5.74, 6) is -1.69. The lowest BCUT2D eigenvalue weighted by Crippen LogP contribution is -2.31. The lowest BCUT2D eigenvalue weighted by molar-refractivity contribution is -0.142. The molecule has 0 heterocycles. The monoisotopic (exact) mass is 488 g/mol. The van der Waals surface area contributed by atoms with E-state index in [9.17, 15) is 19.2 Å². The van der Waals surface area contributed by atoms with E-state index in [2.05, 4.69) is 10.6 Å². The smallest absolute Gasteiger partial charge is 0.307 e. The van der Waals surface area contributed by atoms with Crippen LogP contribution in [0.3, 0.4) is 0 Å². The molecule has 0 radical (unpaired) electrons. The molecule has 3 aromatic rings. The highest BCUT2D eigenvalue weighted by molar-refractivity contribution is 5.98. The first kappa shape index (κ1) is 26.2. The zero-order chi connectivity index (χ0) is 25.9. The van der Waals surface area contributed by atoms with Crippen LogP contribution in [0.5, 0.6) is 0 Å². The number of rotatable bonds is 10. The third-order valence-electron chi connectivity index (χ3n) is 5.62. The molecule has 8 heteroatoms. The summed E-state index contributed by atoms with van der Waals surface area (Å²) < 4.78 is 9.53. The van der Waals surface area contributed by atoms with Crippen molar-refractivity contribution < 1.29 is 28.7 Å². The van der Waals surface area contributed by atoms with Crippen LogP contribution in [0.1, 0.15) is 56.8 Å². The minimum Gasteiger partial charge on any atom is -0.469 e. The Balaban J connectivity index is 1.71. The van der Waals surface area contributed by atoms with Crippen LogP contribution in [0.2, 0.25) is 0 Å². The molecule has 186 valence electrons. The van der Waals surface area contributed by atoms with Crippen LogP contribution in [0.25, 0.3) is 0 Å². The van der Waals surface area contributed by atoms with Gasteiger partial charge in [-0.05, 0) is 35.4 Å². The van der Waals surface area contributed by atoms with E-state index >= 15 is 0 Å². The molecule has 0 aliphatic carbocycles. The first-order chi connectivity index (χ1) is 17.4. The Kier molecular flexibility index (Phi) is 9.33. The summed E-state index contributed by atoms with van der Waals surface area (Å²) in [4.78, 5) is 49.5. The quantitative estimate of drug-likeness (QED) is 0.421. The SMILES string of the molecule is COC(=O)CC(NC(=O)c1ccc(C(=O)NC(CC(=O)OC)c2ccccc2)cc1)c1ccccc1. The van der Waals surface area contributed by atoms with E-state index in [4.69, 9.17) is 9.47 Å². The average molecular weight is 489 g/mol. The minimum atomic E-state index is -0.570. The molecule has 0 spiro atoms. The fraction of sp³-hybridized carbons (Fsp3) is 0.214. The number of benzene rings is 3. The molecule has 0 aliphatic heterocycles. The van der Waals surface area contributed by atoms with Crippen LogP contribution < -0.4 is 10.6 Å². The van der Waals surface area contributed by atoms with Gasteiger partial charge in [-0.3, -0.25) is 19.2 Å². The predicted molar refractivity (Wildman–Crippen MR) is 133 cm³/mol. The van der Waals surface area contributed by atoms with Crippen molar-refractivity contribution in [2.75, 3.05) is 14.2 Å². The largest absolute Gasteiger partial charge is 0.469 e. The van der Waals surface area contributed by atoms with Crippen LogP contribution in [0, 0.1) is 0 Å². The molecule has 0 aliphatic rings. The number of nitrogens with one attached hydrogen (secondary N) is 2. The van der Waals surface area contributed by atoms with Crippen molar-refractivity contribution in [3.8, 4) is 0 Å². The zero-order valence-corrected chi connectivity index (χ0v) is 20.1. The normalized spacial score (nSPS) is 12.1. The van der Waals surface area contributed by atoms with Crippen LogP contribution in [0.4, 0.5) is 0 Å². The number of hydrogen-bond acceptors (Lipinski definition) is 6. The number of amides is 2. The van der Waals surface area contributed by atoms with Gasteiger partial charge in [-0.2, -0.15) is 0 Å².